The predicted octanol–water partition coefficient (Wildman–Crippen LogP) is 4.21. The summed E-state index contributed by atoms with van der Waals surface area (Å²) in [4.78, 5) is 22.7. The van der Waals surface area contributed by atoms with Gasteiger partial charge in [0.15, 0.2) is 11.1 Å². The van der Waals surface area contributed by atoms with E-state index in [1.807, 2.05) is 6.07 Å². The Morgan fingerprint density at radius 1 is 0.929 bits per heavy atom. The molecule has 0 bridgehead atoms. The summed E-state index contributed by atoms with van der Waals surface area (Å²) in [7, 11) is 0. The molecule has 0 aliphatic heterocycles. The van der Waals surface area contributed by atoms with Gasteiger partial charge in [-0.2, -0.15) is 0 Å². The first kappa shape index (κ1) is 24.1. The molecule has 1 aromatic carbocycles. The second kappa shape index (κ2) is 15.0. The van der Waals surface area contributed by atoms with E-state index in [9.17, 15) is 13.8 Å². The Morgan fingerprint density at radius 2 is 1.57 bits per heavy atom. The van der Waals surface area contributed by atoms with Crippen LogP contribution < -0.4 is 10.1 Å². The minimum absolute atomic E-state index is 0.0511. The SMILES string of the molecule is O=C(O)CCCOc1ccccc1NC(=O)CCCCCCCCCS(=O)O. The fourth-order valence-corrected chi connectivity index (χ4v) is 3.16. The quantitative estimate of drug-likeness (QED) is 0.276. The van der Waals surface area contributed by atoms with Gasteiger partial charge in [-0.3, -0.25) is 9.59 Å². The molecule has 28 heavy (non-hydrogen) atoms. The molecule has 8 heteroatoms. The number of carbonyl (C=O) groups is 2. The van der Waals surface area contributed by atoms with Crippen molar-refractivity contribution >= 4 is 28.6 Å². The number of ether oxygens (including phenoxy) is 1. The van der Waals surface area contributed by atoms with Crippen LogP contribution in [-0.2, 0) is 20.7 Å². The Bertz CT molecular complexity index is 622. The molecule has 0 fully saturated rings. The lowest BCUT2D eigenvalue weighted by Crippen LogP contribution is -2.12. The predicted molar refractivity (Wildman–Crippen MR) is 110 cm³/mol. The first-order chi connectivity index (χ1) is 13.5. The van der Waals surface area contributed by atoms with Crippen LogP contribution in [0.4, 0.5) is 5.69 Å². The minimum atomic E-state index is -1.68. The number of amides is 1. The number of carboxylic acids is 1. The van der Waals surface area contributed by atoms with Crippen molar-refractivity contribution in [2.45, 2.75) is 64.2 Å². The summed E-state index contributed by atoms with van der Waals surface area (Å²) >= 11 is -1.68. The van der Waals surface area contributed by atoms with E-state index in [1.165, 1.54) is 0 Å². The molecule has 1 rings (SSSR count). The smallest absolute Gasteiger partial charge is 0.303 e. The van der Waals surface area contributed by atoms with Crippen LogP contribution in [-0.4, -0.2) is 38.1 Å². The Balaban J connectivity index is 2.18. The van der Waals surface area contributed by atoms with Gasteiger partial charge in [0.25, 0.3) is 0 Å². The zero-order valence-electron chi connectivity index (χ0n) is 16.2. The molecule has 1 atom stereocenters. The van der Waals surface area contributed by atoms with Gasteiger partial charge in [-0.1, -0.05) is 44.2 Å². The molecule has 0 saturated heterocycles. The summed E-state index contributed by atoms with van der Waals surface area (Å²) in [5.41, 5.74) is 0.601. The Kier molecular flexibility index (Phi) is 13.0. The van der Waals surface area contributed by atoms with Gasteiger partial charge in [0, 0.05) is 18.6 Å². The van der Waals surface area contributed by atoms with Crippen molar-refractivity contribution in [2.24, 2.45) is 0 Å². The zero-order chi connectivity index (χ0) is 20.6. The summed E-state index contributed by atoms with van der Waals surface area (Å²) in [6, 6.07) is 7.14. The number of aliphatic carboxylic acids is 1. The molecule has 0 aliphatic carbocycles. The maximum atomic E-state index is 12.1. The second-order valence-electron chi connectivity index (χ2n) is 6.64. The average molecular weight is 414 g/mol. The number of hydrogen-bond donors (Lipinski definition) is 3. The van der Waals surface area contributed by atoms with E-state index in [0.717, 1.165) is 44.9 Å². The van der Waals surface area contributed by atoms with Crippen LogP contribution in [0.15, 0.2) is 24.3 Å². The van der Waals surface area contributed by atoms with Crippen molar-refractivity contribution < 1.29 is 28.2 Å². The Morgan fingerprint density at radius 3 is 2.25 bits per heavy atom. The summed E-state index contributed by atoms with van der Waals surface area (Å²) in [6.07, 6.45) is 7.63. The zero-order valence-corrected chi connectivity index (χ0v) is 17.0. The van der Waals surface area contributed by atoms with E-state index < -0.39 is 17.0 Å². The van der Waals surface area contributed by atoms with E-state index in [4.69, 9.17) is 14.4 Å². The van der Waals surface area contributed by atoms with Gasteiger partial charge in [0.05, 0.1) is 12.3 Å². The van der Waals surface area contributed by atoms with Crippen molar-refractivity contribution in [3.8, 4) is 5.75 Å². The van der Waals surface area contributed by atoms with Gasteiger partial charge in [0.1, 0.15) is 5.75 Å². The summed E-state index contributed by atoms with van der Waals surface area (Å²) in [6.45, 7) is 0.285. The van der Waals surface area contributed by atoms with Gasteiger partial charge < -0.3 is 19.7 Å². The molecular weight excluding hydrogens is 382 g/mol. The fourth-order valence-electron chi connectivity index (χ4n) is 2.71. The lowest BCUT2D eigenvalue weighted by atomic mass is 10.1. The highest BCUT2D eigenvalue weighted by molar-refractivity contribution is 7.79. The first-order valence-electron chi connectivity index (χ1n) is 9.80. The number of benzene rings is 1. The van der Waals surface area contributed by atoms with E-state index in [-0.39, 0.29) is 18.9 Å². The fraction of sp³-hybridized carbons (Fsp3) is 0.600. The summed E-state index contributed by atoms with van der Waals surface area (Å²) in [5, 5.41) is 11.5. The number of rotatable bonds is 16. The van der Waals surface area contributed by atoms with Gasteiger partial charge in [0.2, 0.25) is 5.91 Å². The minimum Gasteiger partial charge on any atom is -0.491 e. The molecule has 0 aromatic heterocycles. The highest BCUT2D eigenvalue weighted by Gasteiger charge is 2.08. The van der Waals surface area contributed by atoms with E-state index in [2.05, 4.69) is 5.32 Å². The van der Waals surface area contributed by atoms with E-state index in [0.29, 0.717) is 30.0 Å². The molecule has 1 unspecified atom stereocenters. The van der Waals surface area contributed by atoms with Gasteiger partial charge in [-0.25, -0.2) is 4.21 Å². The van der Waals surface area contributed by atoms with E-state index >= 15 is 0 Å². The lowest BCUT2D eigenvalue weighted by molar-refractivity contribution is -0.137. The third-order valence-corrected chi connectivity index (χ3v) is 4.81. The second-order valence-corrected chi connectivity index (χ2v) is 7.69. The molecule has 158 valence electrons. The van der Waals surface area contributed by atoms with Crippen molar-refractivity contribution in [3.05, 3.63) is 24.3 Å². The standard InChI is InChI=1S/C20H31NO6S/c22-19(13-6-4-2-1-3-5-9-16-28(25)26)21-17-11-7-8-12-18(17)27-15-10-14-20(23)24/h7-8,11-12H,1-6,9-10,13-16H2,(H,21,22)(H,23,24)(H,25,26). The molecule has 3 N–H and O–H groups in total. The van der Waals surface area contributed by atoms with Gasteiger partial charge in [-0.15, -0.1) is 0 Å². The van der Waals surface area contributed by atoms with Crippen molar-refractivity contribution in [1.29, 1.82) is 0 Å². The molecule has 1 amide bonds. The van der Waals surface area contributed by atoms with Crippen molar-refractivity contribution in [3.63, 3.8) is 0 Å². The number of nitrogens with one attached hydrogen (secondary N) is 1. The van der Waals surface area contributed by atoms with E-state index in [1.54, 1.807) is 18.2 Å². The Hall–Kier alpha value is -1.93. The van der Waals surface area contributed by atoms with Crippen molar-refractivity contribution in [1.82, 2.24) is 0 Å². The van der Waals surface area contributed by atoms with Crippen LogP contribution in [0, 0.1) is 0 Å². The van der Waals surface area contributed by atoms with Crippen LogP contribution in [0.2, 0.25) is 0 Å². The Labute approximate surface area is 169 Å². The largest absolute Gasteiger partial charge is 0.491 e. The normalized spacial score (nSPS) is 11.8. The average Bonchev–Trinajstić information content (AvgIpc) is 2.64. The van der Waals surface area contributed by atoms with Crippen LogP contribution in [0.3, 0.4) is 0 Å². The molecule has 0 saturated carbocycles. The van der Waals surface area contributed by atoms with Crippen LogP contribution in [0.25, 0.3) is 0 Å². The number of unbranched alkanes of at least 4 members (excludes halogenated alkanes) is 6. The molecule has 0 radical (unpaired) electrons. The maximum Gasteiger partial charge on any atom is 0.303 e. The molecule has 1 aromatic rings. The molecular formula is C20H31NO6S. The number of carboxylic acid groups (broad SMARTS) is 1. The molecule has 0 aliphatic rings. The van der Waals surface area contributed by atoms with Crippen molar-refractivity contribution in [2.75, 3.05) is 17.7 Å². The lowest BCUT2D eigenvalue weighted by Gasteiger charge is -2.12. The number of para-hydroxylation sites is 2. The maximum absolute atomic E-state index is 12.1. The topological polar surface area (TPSA) is 113 Å². The monoisotopic (exact) mass is 413 g/mol. The summed E-state index contributed by atoms with van der Waals surface area (Å²) < 4.78 is 24.8. The number of hydrogen-bond acceptors (Lipinski definition) is 4. The van der Waals surface area contributed by atoms with Crippen LogP contribution in [0.1, 0.15) is 64.2 Å². The van der Waals surface area contributed by atoms with Gasteiger partial charge in [-0.05, 0) is 31.4 Å². The van der Waals surface area contributed by atoms with Crippen LogP contribution in [0.5, 0.6) is 5.75 Å². The third kappa shape index (κ3) is 12.5. The first-order valence-corrected chi connectivity index (χ1v) is 11.1. The molecule has 0 spiro atoms. The number of carbonyl (C=O) groups excluding carboxylic acids is 1. The van der Waals surface area contributed by atoms with Crippen LogP contribution >= 0.6 is 0 Å². The molecule has 0 heterocycles. The number of anilines is 1. The highest BCUT2D eigenvalue weighted by atomic mass is 32.2. The highest BCUT2D eigenvalue weighted by Crippen LogP contribution is 2.24. The van der Waals surface area contributed by atoms with Gasteiger partial charge >= 0.3 is 5.97 Å². The molecule has 7 nitrogen and oxygen atoms in total. The summed E-state index contributed by atoms with van der Waals surface area (Å²) in [5.74, 6) is -0.0193. The third-order valence-electron chi connectivity index (χ3n) is 4.18.